The molecule has 1 saturated heterocycles. The molecule has 0 saturated carbocycles. The molecular weight excluding hydrogens is 308 g/mol. The van der Waals surface area contributed by atoms with E-state index in [4.69, 9.17) is 0 Å². The van der Waals surface area contributed by atoms with Crippen LogP contribution < -0.4 is 10.2 Å². The molecule has 1 aliphatic rings. The van der Waals surface area contributed by atoms with Crippen LogP contribution in [-0.2, 0) is 9.84 Å². The maximum Gasteiger partial charge on any atom is 0.224 e. The van der Waals surface area contributed by atoms with Crippen LogP contribution in [0, 0.1) is 0 Å². The summed E-state index contributed by atoms with van der Waals surface area (Å²) in [4.78, 5) is 10.3. The molecule has 1 aromatic heterocycles. The van der Waals surface area contributed by atoms with Crippen LogP contribution in [0.15, 0.2) is 10.7 Å². The molecule has 1 aromatic rings. The third-order valence-corrected chi connectivity index (χ3v) is 4.76. The molecule has 0 bridgehead atoms. The summed E-state index contributed by atoms with van der Waals surface area (Å²) < 4.78 is 23.5. The molecule has 0 aromatic carbocycles. The highest BCUT2D eigenvalue weighted by Crippen LogP contribution is 2.25. The van der Waals surface area contributed by atoms with E-state index in [1.54, 1.807) is 13.2 Å². The van der Waals surface area contributed by atoms with Gasteiger partial charge in [0.2, 0.25) is 5.95 Å². The van der Waals surface area contributed by atoms with Crippen molar-refractivity contribution in [2.24, 2.45) is 0 Å². The van der Waals surface area contributed by atoms with Crippen LogP contribution in [0.25, 0.3) is 0 Å². The summed E-state index contributed by atoms with van der Waals surface area (Å²) in [6.07, 6.45) is 1.66. The van der Waals surface area contributed by atoms with Crippen molar-refractivity contribution in [2.45, 2.75) is 0 Å². The Balaban J connectivity index is 2.23. The Morgan fingerprint density at radius 2 is 2.06 bits per heavy atom. The van der Waals surface area contributed by atoms with Crippen LogP contribution in [0.1, 0.15) is 0 Å². The lowest BCUT2D eigenvalue weighted by Gasteiger charge is -2.28. The molecule has 0 unspecified atom stereocenters. The highest BCUT2D eigenvalue weighted by molar-refractivity contribution is 9.10. The highest BCUT2D eigenvalue weighted by atomic mass is 79.9. The fourth-order valence-corrected chi connectivity index (χ4v) is 3.27. The molecule has 94 valence electrons. The second-order valence-corrected chi connectivity index (χ2v) is 6.91. The SMILES string of the molecule is CNc1ncc(Br)c(N2CCS(=O)(=O)CC2)n1. The Morgan fingerprint density at radius 3 is 2.65 bits per heavy atom. The molecule has 0 aliphatic carbocycles. The van der Waals surface area contributed by atoms with Gasteiger partial charge in [-0.1, -0.05) is 0 Å². The molecule has 17 heavy (non-hydrogen) atoms. The number of hydrogen-bond donors (Lipinski definition) is 1. The van der Waals surface area contributed by atoms with E-state index < -0.39 is 9.84 Å². The molecular formula is C9H13BrN4O2S. The number of anilines is 2. The summed E-state index contributed by atoms with van der Waals surface area (Å²) in [7, 11) is -1.12. The van der Waals surface area contributed by atoms with E-state index in [-0.39, 0.29) is 11.5 Å². The number of nitrogens with one attached hydrogen (secondary N) is 1. The minimum atomic E-state index is -2.87. The number of rotatable bonds is 2. The van der Waals surface area contributed by atoms with E-state index in [0.29, 0.717) is 19.0 Å². The van der Waals surface area contributed by atoms with Gasteiger partial charge in [0, 0.05) is 26.3 Å². The summed E-state index contributed by atoms with van der Waals surface area (Å²) in [5, 5.41) is 2.86. The Kier molecular flexibility index (Phi) is 3.53. The van der Waals surface area contributed by atoms with Gasteiger partial charge >= 0.3 is 0 Å². The zero-order chi connectivity index (χ0) is 12.5. The van der Waals surface area contributed by atoms with Crippen LogP contribution in [0.4, 0.5) is 11.8 Å². The standard InChI is InChI=1S/C9H13BrN4O2S/c1-11-9-12-6-7(10)8(13-9)14-2-4-17(15,16)5-3-14/h6H,2-5H2,1H3,(H,11,12,13). The zero-order valence-electron chi connectivity index (χ0n) is 9.35. The highest BCUT2D eigenvalue weighted by Gasteiger charge is 2.24. The van der Waals surface area contributed by atoms with E-state index in [1.807, 2.05) is 4.90 Å². The first-order chi connectivity index (χ1) is 8.02. The number of nitrogens with zero attached hydrogens (tertiary/aromatic N) is 3. The predicted molar refractivity (Wildman–Crippen MR) is 70.1 cm³/mol. The van der Waals surface area contributed by atoms with Crippen LogP contribution in [0.3, 0.4) is 0 Å². The van der Waals surface area contributed by atoms with Crippen molar-refractivity contribution in [3.05, 3.63) is 10.7 Å². The molecule has 1 fully saturated rings. The van der Waals surface area contributed by atoms with Crippen molar-refractivity contribution in [1.29, 1.82) is 0 Å². The van der Waals surface area contributed by atoms with Gasteiger partial charge < -0.3 is 10.2 Å². The maximum atomic E-state index is 11.4. The van der Waals surface area contributed by atoms with Gasteiger partial charge in [0.1, 0.15) is 5.82 Å². The second-order valence-electron chi connectivity index (χ2n) is 3.75. The van der Waals surface area contributed by atoms with E-state index in [2.05, 4.69) is 31.2 Å². The third-order valence-electron chi connectivity index (χ3n) is 2.59. The molecule has 6 nitrogen and oxygen atoms in total. The summed E-state index contributed by atoms with van der Waals surface area (Å²) in [5.74, 6) is 1.62. The van der Waals surface area contributed by atoms with Gasteiger partial charge in [-0.15, -0.1) is 0 Å². The first kappa shape index (κ1) is 12.6. The van der Waals surface area contributed by atoms with Crippen molar-refractivity contribution in [3.8, 4) is 0 Å². The fraction of sp³-hybridized carbons (Fsp3) is 0.556. The van der Waals surface area contributed by atoms with Gasteiger partial charge in [0.25, 0.3) is 0 Å². The van der Waals surface area contributed by atoms with Gasteiger partial charge in [0.05, 0.1) is 16.0 Å². The fourth-order valence-electron chi connectivity index (χ4n) is 1.62. The van der Waals surface area contributed by atoms with Gasteiger partial charge in [0.15, 0.2) is 9.84 Å². The van der Waals surface area contributed by atoms with Crippen molar-refractivity contribution in [3.63, 3.8) is 0 Å². The number of aromatic nitrogens is 2. The summed E-state index contributed by atoms with van der Waals surface area (Å²) >= 11 is 3.38. The summed E-state index contributed by atoms with van der Waals surface area (Å²) in [6.45, 7) is 0.947. The first-order valence-electron chi connectivity index (χ1n) is 5.17. The van der Waals surface area contributed by atoms with E-state index in [1.165, 1.54) is 0 Å². The minimum absolute atomic E-state index is 0.179. The van der Waals surface area contributed by atoms with Gasteiger partial charge in [-0.2, -0.15) is 4.98 Å². The molecule has 1 N–H and O–H groups in total. The van der Waals surface area contributed by atoms with E-state index in [9.17, 15) is 8.42 Å². The van der Waals surface area contributed by atoms with E-state index >= 15 is 0 Å². The van der Waals surface area contributed by atoms with Crippen LogP contribution in [0.2, 0.25) is 0 Å². The van der Waals surface area contributed by atoms with Gasteiger partial charge in [-0.05, 0) is 15.9 Å². The normalized spacial score (nSPS) is 19.1. The van der Waals surface area contributed by atoms with Crippen molar-refractivity contribution >= 4 is 37.5 Å². The van der Waals surface area contributed by atoms with Gasteiger partial charge in [-0.3, -0.25) is 0 Å². The number of hydrogen-bond acceptors (Lipinski definition) is 6. The average molecular weight is 321 g/mol. The van der Waals surface area contributed by atoms with Crippen LogP contribution in [-0.4, -0.2) is 50.0 Å². The topological polar surface area (TPSA) is 75.2 Å². The maximum absolute atomic E-state index is 11.4. The smallest absolute Gasteiger partial charge is 0.224 e. The van der Waals surface area contributed by atoms with Crippen molar-refractivity contribution in [2.75, 3.05) is 41.9 Å². The lowest BCUT2D eigenvalue weighted by Crippen LogP contribution is -2.41. The van der Waals surface area contributed by atoms with Crippen LogP contribution in [0.5, 0.6) is 0 Å². The Morgan fingerprint density at radius 1 is 1.41 bits per heavy atom. The molecule has 2 heterocycles. The molecule has 0 atom stereocenters. The second kappa shape index (κ2) is 4.77. The largest absolute Gasteiger partial charge is 0.357 e. The van der Waals surface area contributed by atoms with Crippen LogP contribution >= 0.6 is 15.9 Å². The quantitative estimate of drug-likeness (QED) is 0.856. The van der Waals surface area contributed by atoms with Gasteiger partial charge in [-0.25, -0.2) is 13.4 Å². The number of sulfone groups is 1. The monoisotopic (exact) mass is 320 g/mol. The number of halogens is 1. The molecule has 0 radical (unpaired) electrons. The molecule has 8 heteroatoms. The van der Waals surface area contributed by atoms with E-state index in [0.717, 1.165) is 10.3 Å². The lowest BCUT2D eigenvalue weighted by atomic mass is 10.4. The predicted octanol–water partition coefficient (Wildman–Crippen LogP) is 0.516. The summed E-state index contributed by atoms with van der Waals surface area (Å²) in [6, 6.07) is 0. The first-order valence-corrected chi connectivity index (χ1v) is 7.79. The van der Waals surface area contributed by atoms with Crippen molar-refractivity contribution in [1.82, 2.24) is 9.97 Å². The zero-order valence-corrected chi connectivity index (χ0v) is 11.8. The molecule has 0 spiro atoms. The summed E-state index contributed by atoms with van der Waals surface area (Å²) in [5.41, 5.74) is 0. The van der Waals surface area contributed by atoms with Crippen molar-refractivity contribution < 1.29 is 8.42 Å². The Labute approximate surface area is 108 Å². The minimum Gasteiger partial charge on any atom is -0.357 e. The molecule has 1 aliphatic heterocycles. The average Bonchev–Trinajstić information content (AvgIpc) is 2.30. The Hall–Kier alpha value is -0.890. The lowest BCUT2D eigenvalue weighted by molar-refractivity contribution is 0.586. The third kappa shape index (κ3) is 2.86. The molecule has 0 amide bonds. The molecule has 2 rings (SSSR count). The Bertz CT molecular complexity index is 506.